The highest BCUT2D eigenvalue weighted by Gasteiger charge is 2.22. The predicted octanol–water partition coefficient (Wildman–Crippen LogP) is 11.2. The summed E-state index contributed by atoms with van der Waals surface area (Å²) < 4.78 is 0. The van der Waals surface area contributed by atoms with E-state index in [1.807, 2.05) is 36.4 Å². The van der Waals surface area contributed by atoms with Crippen LogP contribution in [0.4, 0.5) is 0 Å². The van der Waals surface area contributed by atoms with E-state index in [4.69, 9.17) is 15.0 Å². The maximum atomic E-state index is 5.15. The van der Waals surface area contributed by atoms with E-state index < -0.39 is 0 Å². The van der Waals surface area contributed by atoms with Crippen molar-refractivity contribution in [2.24, 2.45) is 0 Å². The monoisotopic (exact) mass is 611 g/mol. The molecule has 1 heterocycles. The number of rotatable bonds is 6. The molecule has 1 aromatic heterocycles. The second-order valence-electron chi connectivity index (χ2n) is 12.1. The maximum Gasteiger partial charge on any atom is 0.165 e. The van der Waals surface area contributed by atoms with E-state index in [-0.39, 0.29) is 0 Å². The summed E-state index contributed by atoms with van der Waals surface area (Å²) in [5.74, 6) is 1.96. The van der Waals surface area contributed by atoms with Gasteiger partial charge in [-0.05, 0) is 73.1 Å². The van der Waals surface area contributed by atoms with Crippen LogP contribution in [0.15, 0.2) is 182 Å². The highest BCUT2D eigenvalue weighted by molar-refractivity contribution is 6.02. The van der Waals surface area contributed by atoms with Crippen LogP contribution in [0.3, 0.4) is 0 Å². The van der Waals surface area contributed by atoms with E-state index in [0.29, 0.717) is 17.5 Å². The number of allylic oxidation sites excluding steroid dienone is 3. The number of hydrogen-bond acceptors (Lipinski definition) is 3. The van der Waals surface area contributed by atoms with Gasteiger partial charge in [-0.15, -0.1) is 0 Å². The second kappa shape index (κ2) is 11.7. The summed E-state index contributed by atoms with van der Waals surface area (Å²) in [6, 6.07) is 57.5. The van der Waals surface area contributed by atoms with E-state index in [2.05, 4.69) is 140 Å². The minimum absolute atomic E-state index is 0.651. The molecule has 0 atom stereocenters. The van der Waals surface area contributed by atoms with Crippen LogP contribution < -0.4 is 0 Å². The summed E-state index contributed by atoms with van der Waals surface area (Å²) in [6.45, 7) is 0. The van der Waals surface area contributed by atoms with E-state index >= 15 is 0 Å². The second-order valence-corrected chi connectivity index (χ2v) is 12.1. The molecule has 224 valence electrons. The molecular formula is C45H29N3. The summed E-state index contributed by atoms with van der Waals surface area (Å²) in [6.07, 6.45) is 4.29. The molecule has 0 saturated carbocycles. The molecule has 3 heteroatoms. The number of aromatic nitrogens is 3. The van der Waals surface area contributed by atoms with Gasteiger partial charge in [0.25, 0.3) is 0 Å². The molecule has 1 aliphatic carbocycles. The molecule has 0 N–H and O–H groups in total. The Kier molecular flexibility index (Phi) is 6.80. The zero-order valence-corrected chi connectivity index (χ0v) is 26.1. The Labute approximate surface area is 279 Å². The first-order valence-corrected chi connectivity index (χ1v) is 16.2. The predicted molar refractivity (Wildman–Crippen MR) is 198 cm³/mol. The fraction of sp³-hybridized carbons (Fsp3) is 0. The van der Waals surface area contributed by atoms with Gasteiger partial charge in [0.15, 0.2) is 17.5 Å². The van der Waals surface area contributed by atoms with Crippen LogP contribution in [0.25, 0.3) is 72.1 Å². The SMILES string of the molecule is C1=CC1=C(c1cc(-c2cccc3ccccc23)cc(-c2cccc3ccccc23)c1)c1nc(-c2ccccc2)nc(-c2ccccc2)n1. The lowest BCUT2D eigenvalue weighted by molar-refractivity contribution is 1.03. The molecule has 0 amide bonds. The molecule has 3 nitrogen and oxygen atoms in total. The standard InChI is InChI=1S/C45H29N3/c1-3-15-33(16-4-1)43-46-44(34-17-5-2-6-18-34)48-45(47-43)42(32-25-26-32)37-28-35(40-23-11-19-30-13-7-9-21-38(30)40)27-36(29-37)41-24-12-20-31-14-8-10-22-39(31)41/h1-29H. The Hall–Kier alpha value is -6.45. The topological polar surface area (TPSA) is 38.7 Å². The molecule has 0 aliphatic heterocycles. The quantitative estimate of drug-likeness (QED) is 0.188. The van der Waals surface area contributed by atoms with Crippen LogP contribution in [0.2, 0.25) is 0 Å². The van der Waals surface area contributed by atoms with Crippen LogP contribution in [0, 0.1) is 0 Å². The van der Waals surface area contributed by atoms with Gasteiger partial charge in [0.2, 0.25) is 0 Å². The first kappa shape index (κ1) is 27.8. The number of benzene rings is 7. The van der Waals surface area contributed by atoms with Crippen LogP contribution in [0.5, 0.6) is 0 Å². The van der Waals surface area contributed by atoms with Crippen molar-refractivity contribution in [3.8, 4) is 45.0 Å². The van der Waals surface area contributed by atoms with E-state index in [1.54, 1.807) is 0 Å². The summed E-state index contributed by atoms with van der Waals surface area (Å²) >= 11 is 0. The lowest BCUT2D eigenvalue weighted by Crippen LogP contribution is -2.04. The van der Waals surface area contributed by atoms with Crippen molar-refractivity contribution in [2.45, 2.75) is 0 Å². The smallest absolute Gasteiger partial charge is 0.165 e. The summed E-state index contributed by atoms with van der Waals surface area (Å²) in [4.78, 5) is 15.3. The molecule has 0 saturated heterocycles. The molecule has 0 spiro atoms. The Morgan fingerprint density at radius 2 is 0.833 bits per heavy atom. The van der Waals surface area contributed by atoms with Gasteiger partial charge in [0.1, 0.15) is 0 Å². The molecule has 0 unspecified atom stereocenters. The average Bonchev–Trinajstić information content (AvgIpc) is 4.00. The van der Waals surface area contributed by atoms with Gasteiger partial charge in [-0.25, -0.2) is 15.0 Å². The highest BCUT2D eigenvalue weighted by Crippen LogP contribution is 2.40. The zero-order valence-electron chi connectivity index (χ0n) is 26.1. The zero-order chi connectivity index (χ0) is 31.9. The maximum absolute atomic E-state index is 5.15. The Bertz CT molecular complexity index is 2370. The van der Waals surface area contributed by atoms with Gasteiger partial charge < -0.3 is 0 Å². The summed E-state index contributed by atoms with van der Waals surface area (Å²) in [7, 11) is 0. The lowest BCUT2D eigenvalue weighted by atomic mass is 9.89. The van der Waals surface area contributed by atoms with Gasteiger partial charge in [-0.1, -0.05) is 158 Å². The van der Waals surface area contributed by atoms with Gasteiger partial charge in [0, 0.05) is 16.7 Å². The van der Waals surface area contributed by atoms with E-state index in [0.717, 1.165) is 39.0 Å². The van der Waals surface area contributed by atoms with Gasteiger partial charge in [-0.2, -0.15) is 0 Å². The number of fused-ring (bicyclic) bond motifs is 2. The van der Waals surface area contributed by atoms with Crippen molar-refractivity contribution >= 4 is 27.1 Å². The van der Waals surface area contributed by atoms with Crippen molar-refractivity contribution in [2.75, 3.05) is 0 Å². The van der Waals surface area contributed by atoms with Gasteiger partial charge in [-0.3, -0.25) is 0 Å². The van der Waals surface area contributed by atoms with E-state index in [1.165, 1.54) is 32.7 Å². The summed E-state index contributed by atoms with van der Waals surface area (Å²) in [5.41, 5.74) is 9.75. The Morgan fingerprint density at radius 1 is 0.375 bits per heavy atom. The van der Waals surface area contributed by atoms with Crippen LogP contribution >= 0.6 is 0 Å². The molecule has 0 radical (unpaired) electrons. The first-order chi connectivity index (χ1) is 23.8. The van der Waals surface area contributed by atoms with Crippen molar-refractivity contribution in [1.82, 2.24) is 15.0 Å². The third-order valence-corrected chi connectivity index (χ3v) is 8.97. The summed E-state index contributed by atoms with van der Waals surface area (Å²) in [5, 5.41) is 4.87. The third kappa shape index (κ3) is 5.18. The molecule has 0 bridgehead atoms. The van der Waals surface area contributed by atoms with Crippen molar-refractivity contribution in [3.63, 3.8) is 0 Å². The molecule has 9 rings (SSSR count). The van der Waals surface area contributed by atoms with Crippen LogP contribution in [-0.2, 0) is 0 Å². The van der Waals surface area contributed by atoms with Gasteiger partial charge >= 0.3 is 0 Å². The lowest BCUT2D eigenvalue weighted by Gasteiger charge is -2.16. The van der Waals surface area contributed by atoms with Crippen LogP contribution in [0.1, 0.15) is 11.4 Å². The molecule has 48 heavy (non-hydrogen) atoms. The molecule has 1 aliphatic rings. The fourth-order valence-corrected chi connectivity index (χ4v) is 6.59. The minimum Gasteiger partial charge on any atom is -0.208 e. The number of hydrogen-bond donors (Lipinski definition) is 0. The first-order valence-electron chi connectivity index (χ1n) is 16.2. The number of nitrogens with zero attached hydrogens (tertiary/aromatic N) is 3. The largest absolute Gasteiger partial charge is 0.208 e. The molecule has 7 aromatic carbocycles. The van der Waals surface area contributed by atoms with Crippen molar-refractivity contribution in [1.29, 1.82) is 0 Å². The van der Waals surface area contributed by atoms with Gasteiger partial charge in [0.05, 0.1) is 0 Å². The molecular weight excluding hydrogens is 583 g/mol. The highest BCUT2D eigenvalue weighted by atomic mass is 15.0. The Morgan fingerprint density at radius 3 is 1.33 bits per heavy atom. The van der Waals surface area contributed by atoms with E-state index in [9.17, 15) is 0 Å². The Balaban J connectivity index is 1.31. The van der Waals surface area contributed by atoms with Crippen molar-refractivity contribution < 1.29 is 0 Å². The molecule has 0 fully saturated rings. The van der Waals surface area contributed by atoms with Crippen molar-refractivity contribution in [3.05, 3.63) is 193 Å². The molecule has 8 aromatic rings. The normalized spacial score (nSPS) is 12.0. The third-order valence-electron chi connectivity index (χ3n) is 8.97. The van der Waals surface area contributed by atoms with Crippen LogP contribution in [-0.4, -0.2) is 15.0 Å². The minimum atomic E-state index is 0.651. The average molecular weight is 612 g/mol. The fourth-order valence-electron chi connectivity index (χ4n) is 6.59.